The number of rotatable bonds is 2. The van der Waals surface area contributed by atoms with Gasteiger partial charge in [-0.3, -0.25) is 0 Å². The first kappa shape index (κ1) is 11.4. The number of nitrogens with zero attached hydrogens (tertiary/aromatic N) is 2. The Morgan fingerprint density at radius 1 is 1.33 bits per heavy atom. The van der Waals surface area contributed by atoms with Crippen molar-refractivity contribution in [1.29, 1.82) is 0 Å². The topological polar surface area (TPSA) is 58.0 Å². The van der Waals surface area contributed by atoms with Crippen LogP contribution in [0, 0.1) is 6.92 Å². The number of benzene rings is 1. The van der Waals surface area contributed by atoms with E-state index in [1.54, 1.807) is 6.33 Å². The quantitative estimate of drug-likeness (QED) is 0.849. The van der Waals surface area contributed by atoms with Crippen molar-refractivity contribution in [3.05, 3.63) is 30.1 Å². The van der Waals surface area contributed by atoms with E-state index >= 15 is 0 Å². The van der Waals surface area contributed by atoms with Crippen LogP contribution in [0.1, 0.15) is 25.3 Å². The lowest BCUT2D eigenvalue weighted by Gasteiger charge is -2.41. The van der Waals surface area contributed by atoms with Gasteiger partial charge in [0, 0.05) is 11.4 Å². The van der Waals surface area contributed by atoms with E-state index < -0.39 is 5.60 Å². The van der Waals surface area contributed by atoms with Gasteiger partial charge in [0.2, 0.25) is 0 Å². The third-order valence-corrected chi connectivity index (χ3v) is 3.50. The molecule has 4 nitrogen and oxygen atoms in total. The Kier molecular flexibility index (Phi) is 2.48. The molecule has 4 heteroatoms. The van der Waals surface area contributed by atoms with E-state index in [0.29, 0.717) is 6.04 Å². The van der Waals surface area contributed by atoms with E-state index in [0.717, 1.165) is 29.6 Å². The molecule has 0 saturated heterocycles. The number of hydrogen-bond donors (Lipinski definition) is 2. The fraction of sp³-hybridized carbons (Fsp3) is 0.429. The third-order valence-electron chi connectivity index (χ3n) is 3.50. The number of fused-ring (bicyclic) bond motifs is 1. The van der Waals surface area contributed by atoms with Gasteiger partial charge in [0.05, 0.1) is 11.1 Å². The standard InChI is InChI=1S/C14H17N3O/c1-9-3-4-12-11(5-9)13(16-8-15-12)17-10-6-14(2,18)7-10/h3-5,8,10,18H,6-7H2,1-2H3,(H,15,16,17). The predicted octanol–water partition coefficient (Wildman–Crippen LogP) is 2.26. The zero-order valence-electron chi connectivity index (χ0n) is 10.6. The van der Waals surface area contributed by atoms with E-state index in [4.69, 9.17) is 0 Å². The van der Waals surface area contributed by atoms with Gasteiger partial charge >= 0.3 is 0 Å². The SMILES string of the molecule is Cc1ccc2ncnc(NC3CC(C)(O)C3)c2c1. The van der Waals surface area contributed by atoms with Gasteiger partial charge in [0.25, 0.3) is 0 Å². The van der Waals surface area contributed by atoms with Gasteiger partial charge in [-0.15, -0.1) is 0 Å². The lowest BCUT2D eigenvalue weighted by atomic mass is 9.77. The molecule has 0 spiro atoms. The van der Waals surface area contributed by atoms with Crippen LogP contribution >= 0.6 is 0 Å². The molecule has 1 fully saturated rings. The molecular formula is C14H17N3O. The Morgan fingerprint density at radius 2 is 2.11 bits per heavy atom. The van der Waals surface area contributed by atoms with Crippen LogP contribution in [0.15, 0.2) is 24.5 Å². The summed E-state index contributed by atoms with van der Waals surface area (Å²) in [6, 6.07) is 6.45. The second kappa shape index (κ2) is 3.92. The van der Waals surface area contributed by atoms with E-state index in [1.807, 2.05) is 19.1 Å². The Hall–Kier alpha value is -1.68. The summed E-state index contributed by atoms with van der Waals surface area (Å²) in [5.41, 5.74) is 1.63. The molecule has 2 N–H and O–H groups in total. The summed E-state index contributed by atoms with van der Waals surface area (Å²) in [5.74, 6) is 0.865. The molecule has 0 unspecified atom stereocenters. The minimum absolute atomic E-state index is 0.304. The highest BCUT2D eigenvalue weighted by molar-refractivity contribution is 5.89. The fourth-order valence-corrected chi connectivity index (χ4v) is 2.58. The van der Waals surface area contributed by atoms with Crippen LogP contribution in [0.4, 0.5) is 5.82 Å². The lowest BCUT2D eigenvalue weighted by Crippen LogP contribution is -2.48. The van der Waals surface area contributed by atoms with Crippen LogP contribution in [0.3, 0.4) is 0 Å². The summed E-state index contributed by atoms with van der Waals surface area (Å²) in [7, 11) is 0. The lowest BCUT2D eigenvalue weighted by molar-refractivity contribution is -0.0234. The van der Waals surface area contributed by atoms with Gasteiger partial charge < -0.3 is 10.4 Å². The van der Waals surface area contributed by atoms with Crippen LogP contribution in [0.5, 0.6) is 0 Å². The van der Waals surface area contributed by atoms with Gasteiger partial charge in [-0.25, -0.2) is 9.97 Å². The average Bonchev–Trinajstić information content (AvgIpc) is 2.27. The summed E-state index contributed by atoms with van der Waals surface area (Å²) < 4.78 is 0. The molecular weight excluding hydrogens is 226 g/mol. The van der Waals surface area contributed by atoms with Gasteiger partial charge in [0.15, 0.2) is 0 Å². The van der Waals surface area contributed by atoms with Crippen LogP contribution in [-0.2, 0) is 0 Å². The molecule has 1 aromatic carbocycles. The first-order chi connectivity index (χ1) is 8.53. The zero-order valence-corrected chi connectivity index (χ0v) is 10.6. The van der Waals surface area contributed by atoms with Gasteiger partial charge in [-0.1, -0.05) is 11.6 Å². The van der Waals surface area contributed by atoms with Crippen molar-refractivity contribution >= 4 is 16.7 Å². The number of hydrogen-bond acceptors (Lipinski definition) is 4. The first-order valence-electron chi connectivity index (χ1n) is 6.24. The summed E-state index contributed by atoms with van der Waals surface area (Å²) in [5, 5.41) is 14.2. The molecule has 0 bridgehead atoms. The van der Waals surface area contributed by atoms with E-state index in [-0.39, 0.29) is 0 Å². The van der Waals surface area contributed by atoms with Crippen molar-refractivity contribution in [2.75, 3.05) is 5.32 Å². The molecule has 0 radical (unpaired) electrons. The molecule has 1 aliphatic carbocycles. The molecule has 1 saturated carbocycles. The van der Waals surface area contributed by atoms with Crippen molar-refractivity contribution in [1.82, 2.24) is 9.97 Å². The molecule has 18 heavy (non-hydrogen) atoms. The maximum atomic E-state index is 9.75. The molecule has 1 aliphatic rings. The van der Waals surface area contributed by atoms with E-state index in [1.165, 1.54) is 5.56 Å². The number of aromatic nitrogens is 2. The number of nitrogens with one attached hydrogen (secondary N) is 1. The van der Waals surface area contributed by atoms with E-state index in [2.05, 4.69) is 28.3 Å². The smallest absolute Gasteiger partial charge is 0.137 e. The molecule has 1 aromatic heterocycles. The summed E-state index contributed by atoms with van der Waals surface area (Å²) in [4.78, 5) is 8.58. The van der Waals surface area contributed by atoms with Crippen molar-refractivity contribution in [3.63, 3.8) is 0 Å². The largest absolute Gasteiger partial charge is 0.390 e. The maximum Gasteiger partial charge on any atom is 0.137 e. The summed E-state index contributed by atoms with van der Waals surface area (Å²) in [6.45, 7) is 3.93. The Balaban J connectivity index is 1.90. The second-order valence-electron chi connectivity index (χ2n) is 5.49. The average molecular weight is 243 g/mol. The molecule has 94 valence electrons. The molecule has 2 aromatic rings. The predicted molar refractivity (Wildman–Crippen MR) is 71.5 cm³/mol. The number of aryl methyl sites for hydroxylation is 1. The normalized spacial score (nSPS) is 26.9. The maximum absolute atomic E-state index is 9.75. The van der Waals surface area contributed by atoms with Crippen LogP contribution < -0.4 is 5.32 Å². The van der Waals surface area contributed by atoms with Crippen LogP contribution in [0.2, 0.25) is 0 Å². The zero-order chi connectivity index (χ0) is 12.8. The number of aliphatic hydroxyl groups is 1. The van der Waals surface area contributed by atoms with Crippen LogP contribution in [-0.4, -0.2) is 26.7 Å². The van der Waals surface area contributed by atoms with Crippen LogP contribution in [0.25, 0.3) is 10.9 Å². The van der Waals surface area contributed by atoms with Gasteiger partial charge in [0.1, 0.15) is 12.1 Å². The van der Waals surface area contributed by atoms with Gasteiger partial charge in [-0.05, 0) is 38.8 Å². The minimum Gasteiger partial charge on any atom is -0.390 e. The van der Waals surface area contributed by atoms with E-state index in [9.17, 15) is 5.11 Å². The highest BCUT2D eigenvalue weighted by Crippen LogP contribution is 2.34. The summed E-state index contributed by atoms with van der Waals surface area (Å²) >= 11 is 0. The minimum atomic E-state index is -0.517. The number of anilines is 1. The highest BCUT2D eigenvalue weighted by Gasteiger charge is 2.38. The molecule has 1 heterocycles. The molecule has 3 rings (SSSR count). The fourth-order valence-electron chi connectivity index (χ4n) is 2.58. The Bertz CT molecular complexity index is 587. The van der Waals surface area contributed by atoms with Gasteiger partial charge in [-0.2, -0.15) is 0 Å². The Morgan fingerprint density at radius 3 is 2.83 bits per heavy atom. The molecule has 0 atom stereocenters. The monoisotopic (exact) mass is 243 g/mol. The van der Waals surface area contributed by atoms with Crippen molar-refractivity contribution in [3.8, 4) is 0 Å². The Labute approximate surface area is 106 Å². The van der Waals surface area contributed by atoms with Crippen molar-refractivity contribution in [2.24, 2.45) is 0 Å². The summed E-state index contributed by atoms with van der Waals surface area (Å²) in [6.07, 6.45) is 3.12. The second-order valence-corrected chi connectivity index (χ2v) is 5.49. The highest BCUT2D eigenvalue weighted by atomic mass is 16.3. The molecule has 0 amide bonds. The van der Waals surface area contributed by atoms with Crippen molar-refractivity contribution < 1.29 is 5.11 Å². The first-order valence-corrected chi connectivity index (χ1v) is 6.24. The van der Waals surface area contributed by atoms with Crippen molar-refractivity contribution in [2.45, 2.75) is 38.3 Å². The third kappa shape index (κ3) is 2.04. The molecule has 0 aliphatic heterocycles.